The molecule has 0 N–H and O–H groups in total. The van der Waals surface area contributed by atoms with Gasteiger partial charge in [0, 0.05) is 24.0 Å². The van der Waals surface area contributed by atoms with Crippen LogP contribution in [-0.4, -0.2) is 28.7 Å². The molecule has 3 nitrogen and oxygen atoms in total. The van der Waals surface area contributed by atoms with E-state index >= 15 is 0 Å². The van der Waals surface area contributed by atoms with Gasteiger partial charge in [-0.05, 0) is 20.8 Å². The molecule has 0 saturated heterocycles. The highest BCUT2D eigenvalue weighted by Crippen LogP contribution is 2.22. The van der Waals surface area contributed by atoms with Gasteiger partial charge in [0.25, 0.3) is 0 Å². The molecule has 0 aliphatic heterocycles. The Kier molecular flexibility index (Phi) is 4.33. The number of hydrogen-bond donors (Lipinski definition) is 0. The van der Waals surface area contributed by atoms with Crippen LogP contribution in [0.25, 0.3) is 0 Å². The van der Waals surface area contributed by atoms with Crippen molar-refractivity contribution < 1.29 is 4.79 Å². The molecule has 0 atom stereocenters. The highest BCUT2D eigenvalue weighted by molar-refractivity contribution is 7.11. The topological polar surface area (TPSA) is 33.2 Å². The van der Waals surface area contributed by atoms with Gasteiger partial charge in [0.15, 0.2) is 0 Å². The number of aromatic nitrogens is 1. The van der Waals surface area contributed by atoms with E-state index in [1.54, 1.807) is 23.3 Å². The van der Waals surface area contributed by atoms with Gasteiger partial charge in [-0.1, -0.05) is 0 Å². The fourth-order valence-corrected chi connectivity index (χ4v) is 2.32. The molecule has 0 saturated carbocycles. The second-order valence-corrected chi connectivity index (χ2v) is 6.11. The minimum absolute atomic E-state index is 0.0635. The average molecular weight is 261 g/mol. The van der Waals surface area contributed by atoms with E-state index in [-0.39, 0.29) is 5.91 Å². The van der Waals surface area contributed by atoms with Crippen molar-refractivity contribution in [1.29, 1.82) is 0 Å². The van der Waals surface area contributed by atoms with E-state index < -0.39 is 5.41 Å². The first kappa shape index (κ1) is 13.5. The third-order valence-electron chi connectivity index (χ3n) is 2.32. The van der Waals surface area contributed by atoms with Gasteiger partial charge in [0.1, 0.15) is 0 Å². The first-order chi connectivity index (χ1) is 7.36. The lowest BCUT2D eigenvalue weighted by atomic mass is 9.94. The second kappa shape index (κ2) is 5.15. The van der Waals surface area contributed by atoms with E-state index in [0.717, 1.165) is 9.88 Å². The third kappa shape index (κ3) is 3.19. The van der Waals surface area contributed by atoms with E-state index in [0.29, 0.717) is 12.4 Å². The Morgan fingerprint density at radius 3 is 2.69 bits per heavy atom. The van der Waals surface area contributed by atoms with Gasteiger partial charge in [0.2, 0.25) is 5.91 Å². The number of carbonyl (C=O) groups is 1. The largest absolute Gasteiger partial charge is 0.340 e. The first-order valence-electron chi connectivity index (χ1n) is 5.09. The van der Waals surface area contributed by atoms with Gasteiger partial charge in [0.05, 0.1) is 17.0 Å². The highest BCUT2D eigenvalue weighted by atomic mass is 35.5. The summed E-state index contributed by atoms with van der Waals surface area (Å²) in [6.07, 6.45) is 1.82. The molecule has 0 bridgehead atoms. The smallest absolute Gasteiger partial charge is 0.229 e. The predicted molar refractivity (Wildman–Crippen MR) is 67.8 cm³/mol. The molecule has 1 rings (SSSR count). The van der Waals surface area contributed by atoms with Gasteiger partial charge in [-0.25, -0.2) is 4.98 Å². The van der Waals surface area contributed by atoms with Gasteiger partial charge in [-0.15, -0.1) is 22.9 Å². The summed E-state index contributed by atoms with van der Waals surface area (Å²) >= 11 is 7.40. The average Bonchev–Trinajstić information content (AvgIpc) is 2.62. The fraction of sp³-hybridized carbons (Fsp3) is 0.636. The summed E-state index contributed by atoms with van der Waals surface area (Å²) in [5.74, 6) is 0.395. The molecule has 1 amide bonds. The Bertz CT molecular complexity index is 376. The summed E-state index contributed by atoms with van der Waals surface area (Å²) in [6, 6.07) is 0. The van der Waals surface area contributed by atoms with Gasteiger partial charge >= 0.3 is 0 Å². The predicted octanol–water partition coefficient (Wildman–Crippen LogP) is 2.67. The SMILES string of the molecule is Cc1ncc(CN(C)C(=O)C(C)(C)CCl)s1. The fourth-order valence-electron chi connectivity index (χ4n) is 1.36. The van der Waals surface area contributed by atoms with Gasteiger partial charge < -0.3 is 4.90 Å². The summed E-state index contributed by atoms with van der Waals surface area (Å²) in [4.78, 5) is 19.0. The standard InChI is InChI=1S/C11H17ClN2OS/c1-8-13-5-9(16-8)6-14(4)10(15)11(2,3)7-12/h5H,6-7H2,1-4H3. The summed E-state index contributed by atoms with van der Waals surface area (Å²) in [5.41, 5.74) is -0.504. The molecular formula is C11H17ClN2OS. The first-order valence-corrected chi connectivity index (χ1v) is 6.45. The quantitative estimate of drug-likeness (QED) is 0.780. The molecule has 16 heavy (non-hydrogen) atoms. The van der Waals surface area contributed by atoms with Crippen LogP contribution in [0.1, 0.15) is 23.7 Å². The van der Waals surface area contributed by atoms with E-state index in [9.17, 15) is 4.79 Å². The molecule has 0 aliphatic rings. The van der Waals surface area contributed by atoms with Crippen molar-refractivity contribution in [2.75, 3.05) is 12.9 Å². The lowest BCUT2D eigenvalue weighted by Gasteiger charge is -2.27. The van der Waals surface area contributed by atoms with Crippen LogP contribution in [0.15, 0.2) is 6.20 Å². The minimum Gasteiger partial charge on any atom is -0.340 e. The van der Waals surface area contributed by atoms with Crippen molar-refractivity contribution in [2.24, 2.45) is 5.41 Å². The molecule has 0 unspecified atom stereocenters. The van der Waals surface area contributed by atoms with E-state index in [1.165, 1.54) is 0 Å². The van der Waals surface area contributed by atoms with Crippen molar-refractivity contribution in [2.45, 2.75) is 27.3 Å². The van der Waals surface area contributed by atoms with Gasteiger partial charge in [-0.2, -0.15) is 0 Å². The van der Waals surface area contributed by atoms with Crippen molar-refractivity contribution in [3.8, 4) is 0 Å². The lowest BCUT2D eigenvalue weighted by Crippen LogP contribution is -2.39. The molecule has 0 spiro atoms. The molecule has 1 aromatic rings. The van der Waals surface area contributed by atoms with Crippen LogP contribution in [0.4, 0.5) is 0 Å². The molecule has 1 heterocycles. The zero-order valence-electron chi connectivity index (χ0n) is 10.1. The normalized spacial score (nSPS) is 11.6. The number of thiazole rings is 1. The third-order valence-corrected chi connectivity index (χ3v) is 3.89. The van der Waals surface area contributed by atoms with Crippen LogP contribution in [0.2, 0.25) is 0 Å². The molecule has 1 aromatic heterocycles. The molecule has 5 heteroatoms. The van der Waals surface area contributed by atoms with Crippen LogP contribution in [-0.2, 0) is 11.3 Å². The number of nitrogens with zero attached hydrogens (tertiary/aromatic N) is 2. The number of alkyl halides is 1. The second-order valence-electron chi connectivity index (χ2n) is 4.52. The van der Waals surface area contributed by atoms with Crippen molar-refractivity contribution >= 4 is 28.8 Å². The monoisotopic (exact) mass is 260 g/mol. The number of halogens is 1. The van der Waals surface area contributed by atoms with Crippen molar-refractivity contribution in [3.63, 3.8) is 0 Å². The molecular weight excluding hydrogens is 244 g/mol. The van der Waals surface area contributed by atoms with Crippen LogP contribution in [0.5, 0.6) is 0 Å². The summed E-state index contributed by atoms with van der Waals surface area (Å²) < 4.78 is 0. The Morgan fingerprint density at radius 1 is 1.62 bits per heavy atom. The maximum absolute atomic E-state index is 12.0. The van der Waals surface area contributed by atoms with Crippen molar-refractivity contribution in [3.05, 3.63) is 16.1 Å². The Morgan fingerprint density at radius 2 is 2.25 bits per heavy atom. The zero-order valence-corrected chi connectivity index (χ0v) is 11.7. The van der Waals surface area contributed by atoms with Crippen LogP contribution in [0.3, 0.4) is 0 Å². The van der Waals surface area contributed by atoms with Gasteiger partial charge in [-0.3, -0.25) is 4.79 Å². The van der Waals surface area contributed by atoms with E-state index in [4.69, 9.17) is 11.6 Å². The Labute approximate surface area is 105 Å². The number of carbonyl (C=O) groups excluding carboxylic acids is 1. The molecule has 90 valence electrons. The number of aryl methyl sites for hydroxylation is 1. The van der Waals surface area contributed by atoms with Crippen LogP contribution in [0, 0.1) is 12.3 Å². The number of amides is 1. The van der Waals surface area contributed by atoms with Crippen LogP contribution >= 0.6 is 22.9 Å². The minimum atomic E-state index is -0.504. The molecule has 0 radical (unpaired) electrons. The summed E-state index contributed by atoms with van der Waals surface area (Å²) in [6.45, 7) is 6.27. The molecule has 0 fully saturated rings. The van der Waals surface area contributed by atoms with Crippen molar-refractivity contribution in [1.82, 2.24) is 9.88 Å². The highest BCUT2D eigenvalue weighted by Gasteiger charge is 2.29. The lowest BCUT2D eigenvalue weighted by molar-refractivity contribution is -0.138. The summed E-state index contributed by atoms with van der Waals surface area (Å²) in [7, 11) is 1.80. The maximum Gasteiger partial charge on any atom is 0.229 e. The van der Waals surface area contributed by atoms with E-state index in [1.807, 2.05) is 27.0 Å². The maximum atomic E-state index is 12.0. The Balaban J connectivity index is 2.65. The number of rotatable bonds is 4. The zero-order chi connectivity index (χ0) is 12.3. The Hall–Kier alpha value is -0.610. The van der Waals surface area contributed by atoms with E-state index in [2.05, 4.69) is 4.98 Å². The van der Waals surface area contributed by atoms with Crippen LogP contribution < -0.4 is 0 Å². The molecule has 0 aliphatic carbocycles. The summed E-state index contributed by atoms with van der Waals surface area (Å²) in [5, 5.41) is 1.02. The number of hydrogen-bond acceptors (Lipinski definition) is 3. The molecule has 0 aromatic carbocycles.